The van der Waals surface area contributed by atoms with Crippen LogP contribution >= 0.6 is 0 Å². The van der Waals surface area contributed by atoms with E-state index in [0.717, 1.165) is 6.07 Å². The molecule has 0 radical (unpaired) electrons. The van der Waals surface area contributed by atoms with Crippen LogP contribution in [0.3, 0.4) is 0 Å². The Bertz CT molecular complexity index is 1200. The SMILES string of the molecule is O=C(/C=C/c1cccc(O)c1O)c1cccc(NS(=O)(=O)c2cccc(O)c2)c1. The number of benzene rings is 3. The van der Waals surface area contributed by atoms with E-state index in [1.165, 1.54) is 72.8 Å². The van der Waals surface area contributed by atoms with Crippen molar-refractivity contribution in [3.05, 3.63) is 83.9 Å². The van der Waals surface area contributed by atoms with E-state index in [-0.39, 0.29) is 39.0 Å². The van der Waals surface area contributed by atoms with Gasteiger partial charge in [0.05, 0.1) is 4.90 Å². The van der Waals surface area contributed by atoms with Crippen LogP contribution in [0.25, 0.3) is 6.08 Å². The number of ketones is 1. The number of carbonyl (C=O) groups excluding carboxylic acids is 1. The number of sulfonamides is 1. The van der Waals surface area contributed by atoms with Crippen molar-refractivity contribution in [2.75, 3.05) is 4.72 Å². The van der Waals surface area contributed by atoms with Crippen molar-refractivity contribution in [3.63, 3.8) is 0 Å². The number of carbonyl (C=O) groups is 1. The first kappa shape index (κ1) is 20.0. The summed E-state index contributed by atoms with van der Waals surface area (Å²) in [4.78, 5) is 12.3. The van der Waals surface area contributed by atoms with Gasteiger partial charge in [-0.1, -0.05) is 30.3 Å². The molecule has 0 bridgehead atoms. The lowest BCUT2D eigenvalue weighted by Gasteiger charge is -2.09. The molecule has 3 aromatic carbocycles. The van der Waals surface area contributed by atoms with E-state index in [1.54, 1.807) is 0 Å². The van der Waals surface area contributed by atoms with Gasteiger partial charge in [0, 0.05) is 22.9 Å². The highest BCUT2D eigenvalue weighted by atomic mass is 32.2. The normalized spacial score (nSPS) is 11.4. The summed E-state index contributed by atoms with van der Waals surface area (Å²) >= 11 is 0. The molecule has 4 N–H and O–H groups in total. The first-order chi connectivity index (χ1) is 13.8. The average Bonchev–Trinajstić information content (AvgIpc) is 2.69. The molecule has 8 heteroatoms. The zero-order chi connectivity index (χ0) is 21.0. The Kier molecular flexibility index (Phi) is 5.56. The topological polar surface area (TPSA) is 124 Å². The molecule has 3 rings (SSSR count). The van der Waals surface area contributed by atoms with Crippen LogP contribution in [0.2, 0.25) is 0 Å². The number of phenolic OH excluding ortho intramolecular Hbond substituents is 3. The average molecular weight is 411 g/mol. The van der Waals surface area contributed by atoms with Gasteiger partial charge in [0.15, 0.2) is 17.3 Å². The molecule has 148 valence electrons. The maximum atomic E-state index is 12.4. The smallest absolute Gasteiger partial charge is 0.262 e. The summed E-state index contributed by atoms with van der Waals surface area (Å²) in [5, 5.41) is 28.7. The predicted octanol–water partition coefficient (Wildman–Crippen LogP) is 3.50. The number of aromatic hydroxyl groups is 3. The molecule has 0 amide bonds. The lowest BCUT2D eigenvalue weighted by molar-refractivity contribution is 0.104. The van der Waals surface area contributed by atoms with E-state index in [1.807, 2.05) is 0 Å². The van der Waals surface area contributed by atoms with Crippen LogP contribution in [-0.2, 0) is 10.0 Å². The third-order valence-electron chi connectivity index (χ3n) is 3.99. The van der Waals surface area contributed by atoms with Crippen molar-refractivity contribution in [3.8, 4) is 17.2 Å². The molecular formula is C21H17NO6S. The number of phenols is 3. The van der Waals surface area contributed by atoms with E-state index in [0.29, 0.717) is 0 Å². The zero-order valence-corrected chi connectivity index (χ0v) is 15.8. The van der Waals surface area contributed by atoms with Crippen LogP contribution in [-0.4, -0.2) is 29.5 Å². The first-order valence-electron chi connectivity index (χ1n) is 8.41. The fraction of sp³-hybridized carbons (Fsp3) is 0. The second-order valence-corrected chi connectivity index (χ2v) is 7.78. The van der Waals surface area contributed by atoms with Crippen LogP contribution in [0.4, 0.5) is 5.69 Å². The third-order valence-corrected chi connectivity index (χ3v) is 5.37. The van der Waals surface area contributed by atoms with Gasteiger partial charge >= 0.3 is 0 Å². The highest BCUT2D eigenvalue weighted by Gasteiger charge is 2.15. The van der Waals surface area contributed by atoms with Gasteiger partial charge < -0.3 is 15.3 Å². The predicted molar refractivity (Wildman–Crippen MR) is 108 cm³/mol. The molecule has 0 unspecified atom stereocenters. The molecule has 0 atom stereocenters. The number of hydrogen-bond acceptors (Lipinski definition) is 6. The highest BCUT2D eigenvalue weighted by molar-refractivity contribution is 7.92. The Labute approximate surface area is 167 Å². The molecule has 0 aliphatic heterocycles. The second-order valence-electron chi connectivity index (χ2n) is 6.10. The van der Waals surface area contributed by atoms with Gasteiger partial charge in [0.1, 0.15) is 5.75 Å². The Morgan fingerprint density at radius 2 is 1.62 bits per heavy atom. The number of nitrogens with one attached hydrogen (secondary N) is 1. The van der Waals surface area contributed by atoms with Crippen molar-refractivity contribution >= 4 is 27.6 Å². The largest absolute Gasteiger partial charge is 0.508 e. The summed E-state index contributed by atoms with van der Waals surface area (Å²) in [7, 11) is -3.94. The monoisotopic (exact) mass is 411 g/mol. The van der Waals surface area contributed by atoms with Crippen LogP contribution in [0, 0.1) is 0 Å². The summed E-state index contributed by atoms with van der Waals surface area (Å²) in [6.07, 6.45) is 2.55. The van der Waals surface area contributed by atoms with Gasteiger partial charge in [-0.2, -0.15) is 0 Å². The fourth-order valence-corrected chi connectivity index (χ4v) is 3.63. The molecule has 0 saturated carbocycles. The Morgan fingerprint density at radius 3 is 2.38 bits per heavy atom. The van der Waals surface area contributed by atoms with Crippen molar-refractivity contribution < 1.29 is 28.5 Å². The van der Waals surface area contributed by atoms with Crippen LogP contribution in [0.1, 0.15) is 15.9 Å². The van der Waals surface area contributed by atoms with Crippen LogP contribution in [0.5, 0.6) is 17.2 Å². The minimum Gasteiger partial charge on any atom is -0.508 e. The highest BCUT2D eigenvalue weighted by Crippen LogP contribution is 2.29. The summed E-state index contributed by atoms with van der Waals surface area (Å²) < 4.78 is 27.2. The Hall–Kier alpha value is -3.78. The van der Waals surface area contributed by atoms with Crippen molar-refractivity contribution in [1.82, 2.24) is 0 Å². The maximum Gasteiger partial charge on any atom is 0.262 e. The van der Waals surface area contributed by atoms with E-state index in [4.69, 9.17) is 0 Å². The molecule has 0 heterocycles. The second kappa shape index (κ2) is 8.07. The molecule has 0 aliphatic rings. The Morgan fingerprint density at radius 1 is 0.897 bits per heavy atom. The number of rotatable bonds is 6. The van der Waals surface area contributed by atoms with Gasteiger partial charge in [-0.15, -0.1) is 0 Å². The number of hydrogen-bond donors (Lipinski definition) is 4. The standard InChI is InChI=1S/C21H17NO6S/c23-17-7-3-8-18(13-17)29(27,28)22-16-6-1-5-15(12-16)19(24)11-10-14-4-2-9-20(25)21(14)26/h1-13,22-23,25-26H/b11-10+. The lowest BCUT2D eigenvalue weighted by atomic mass is 10.1. The summed E-state index contributed by atoms with van der Waals surface area (Å²) in [6, 6.07) is 15.5. The first-order valence-corrected chi connectivity index (χ1v) is 9.90. The third kappa shape index (κ3) is 4.74. The summed E-state index contributed by atoms with van der Waals surface area (Å²) in [6.45, 7) is 0. The number of para-hydroxylation sites is 1. The lowest BCUT2D eigenvalue weighted by Crippen LogP contribution is -2.13. The molecule has 7 nitrogen and oxygen atoms in total. The van der Waals surface area contributed by atoms with E-state index < -0.39 is 15.8 Å². The molecular weight excluding hydrogens is 394 g/mol. The molecule has 0 fully saturated rings. The zero-order valence-electron chi connectivity index (χ0n) is 15.0. The van der Waals surface area contributed by atoms with Gasteiger partial charge in [0.2, 0.25) is 0 Å². The fourth-order valence-electron chi connectivity index (χ4n) is 2.55. The Balaban J connectivity index is 1.81. The minimum atomic E-state index is -3.94. The summed E-state index contributed by atoms with van der Waals surface area (Å²) in [5.41, 5.74) is 0.656. The molecule has 3 aromatic rings. The van der Waals surface area contributed by atoms with E-state index in [2.05, 4.69) is 4.72 Å². The van der Waals surface area contributed by atoms with Crippen LogP contribution in [0.15, 0.2) is 77.7 Å². The van der Waals surface area contributed by atoms with Crippen molar-refractivity contribution in [2.45, 2.75) is 4.90 Å². The summed E-state index contributed by atoms with van der Waals surface area (Å²) in [5.74, 6) is -1.25. The molecule has 0 spiro atoms. The molecule has 0 aromatic heterocycles. The van der Waals surface area contributed by atoms with Gasteiger partial charge in [-0.25, -0.2) is 8.42 Å². The molecule has 29 heavy (non-hydrogen) atoms. The van der Waals surface area contributed by atoms with E-state index >= 15 is 0 Å². The van der Waals surface area contributed by atoms with Gasteiger partial charge in [0.25, 0.3) is 10.0 Å². The number of anilines is 1. The van der Waals surface area contributed by atoms with Crippen molar-refractivity contribution in [2.24, 2.45) is 0 Å². The van der Waals surface area contributed by atoms with E-state index in [9.17, 15) is 28.5 Å². The maximum absolute atomic E-state index is 12.4. The van der Waals surface area contributed by atoms with Crippen molar-refractivity contribution in [1.29, 1.82) is 0 Å². The quantitative estimate of drug-likeness (QED) is 0.280. The molecule has 0 saturated heterocycles. The van der Waals surface area contributed by atoms with Gasteiger partial charge in [-0.3, -0.25) is 9.52 Å². The number of allylic oxidation sites excluding steroid dienone is 1. The van der Waals surface area contributed by atoms with Crippen LogP contribution < -0.4 is 4.72 Å². The minimum absolute atomic E-state index is 0.117. The molecule has 0 aliphatic carbocycles. The van der Waals surface area contributed by atoms with Gasteiger partial charge in [-0.05, 0) is 42.5 Å².